The summed E-state index contributed by atoms with van der Waals surface area (Å²) in [5.74, 6) is 1.80. The molecule has 0 aliphatic rings. The average Bonchev–Trinajstić information content (AvgIpc) is 2.43. The van der Waals surface area contributed by atoms with Gasteiger partial charge in [-0.1, -0.05) is 38.1 Å². The molecule has 0 saturated carbocycles. The zero-order chi connectivity index (χ0) is 15.7. The lowest BCUT2D eigenvalue weighted by Gasteiger charge is -2.19. The van der Waals surface area contributed by atoms with Crippen molar-refractivity contribution in [1.29, 1.82) is 0 Å². The van der Waals surface area contributed by atoms with E-state index < -0.39 is 0 Å². The topological polar surface area (TPSA) is 38.3 Å². The molecule has 0 bridgehead atoms. The zero-order valence-corrected chi connectivity index (χ0v) is 14.3. The molecule has 0 amide bonds. The highest BCUT2D eigenvalue weighted by molar-refractivity contribution is 7.98. The first-order chi connectivity index (χ1) is 10.0. The monoisotopic (exact) mass is 309 g/mol. The summed E-state index contributed by atoms with van der Waals surface area (Å²) in [6.45, 7) is 8.51. The van der Waals surface area contributed by atoms with E-state index in [1.54, 1.807) is 0 Å². The molecule has 0 fully saturated rings. The van der Waals surface area contributed by atoms with Gasteiger partial charge in [0, 0.05) is 11.8 Å². The molecule has 1 unspecified atom stereocenters. The molecule has 1 aromatic carbocycles. The summed E-state index contributed by atoms with van der Waals surface area (Å²) in [5, 5.41) is 3.29. The van der Waals surface area contributed by atoms with E-state index >= 15 is 0 Å². The normalized spacial score (nSPS) is 12.4. The quantitative estimate of drug-likeness (QED) is 0.559. The highest BCUT2D eigenvalue weighted by Gasteiger charge is 2.19. The number of nitrogens with one attached hydrogen (secondary N) is 1. The second-order valence-electron chi connectivity index (χ2n) is 5.39. The van der Waals surface area contributed by atoms with Crippen LogP contribution in [-0.2, 0) is 15.3 Å². The highest BCUT2D eigenvalue weighted by atomic mass is 32.2. The van der Waals surface area contributed by atoms with E-state index in [4.69, 9.17) is 4.74 Å². The van der Waals surface area contributed by atoms with Gasteiger partial charge in [-0.25, -0.2) is 0 Å². The third-order valence-corrected chi connectivity index (χ3v) is 4.21. The van der Waals surface area contributed by atoms with Gasteiger partial charge in [0.05, 0.1) is 6.61 Å². The van der Waals surface area contributed by atoms with Gasteiger partial charge in [-0.3, -0.25) is 4.79 Å². The number of rotatable bonds is 9. The number of carbonyl (C=O) groups is 1. The Balaban J connectivity index is 2.39. The van der Waals surface area contributed by atoms with E-state index in [0.29, 0.717) is 6.61 Å². The Morgan fingerprint density at radius 3 is 2.67 bits per heavy atom. The van der Waals surface area contributed by atoms with Gasteiger partial charge < -0.3 is 10.1 Å². The van der Waals surface area contributed by atoms with E-state index in [2.05, 4.69) is 36.5 Å². The van der Waals surface area contributed by atoms with Crippen LogP contribution in [0.5, 0.6) is 0 Å². The van der Waals surface area contributed by atoms with Crippen LogP contribution in [0.15, 0.2) is 24.3 Å². The molecule has 1 N–H and O–H groups in total. The lowest BCUT2D eigenvalue weighted by molar-refractivity contribution is -0.145. The molecule has 21 heavy (non-hydrogen) atoms. The zero-order valence-electron chi connectivity index (χ0n) is 13.5. The molecule has 0 saturated heterocycles. The Hall–Kier alpha value is -1.00. The van der Waals surface area contributed by atoms with Gasteiger partial charge in [-0.2, -0.15) is 11.8 Å². The SMILES string of the molecule is CCOC(=O)C(CCSCc1ccccc1C)NC(C)C. The predicted molar refractivity (Wildman–Crippen MR) is 90.7 cm³/mol. The number of ether oxygens (including phenoxy) is 1. The van der Waals surface area contributed by atoms with Crippen LogP contribution in [0.4, 0.5) is 0 Å². The maximum Gasteiger partial charge on any atom is 0.323 e. The third-order valence-electron chi connectivity index (χ3n) is 3.18. The van der Waals surface area contributed by atoms with E-state index in [1.807, 2.05) is 32.5 Å². The predicted octanol–water partition coefficient (Wildman–Crippen LogP) is 3.55. The van der Waals surface area contributed by atoms with Gasteiger partial charge in [-0.15, -0.1) is 0 Å². The van der Waals surface area contributed by atoms with Gasteiger partial charge in [0.1, 0.15) is 6.04 Å². The molecule has 0 heterocycles. The minimum Gasteiger partial charge on any atom is -0.465 e. The van der Waals surface area contributed by atoms with Crippen molar-refractivity contribution in [2.24, 2.45) is 0 Å². The van der Waals surface area contributed by atoms with Gasteiger partial charge in [0.2, 0.25) is 0 Å². The van der Waals surface area contributed by atoms with E-state index in [-0.39, 0.29) is 18.1 Å². The minimum atomic E-state index is -0.200. The van der Waals surface area contributed by atoms with Crippen LogP contribution < -0.4 is 5.32 Å². The number of esters is 1. The van der Waals surface area contributed by atoms with Crippen molar-refractivity contribution in [1.82, 2.24) is 5.32 Å². The number of aryl methyl sites for hydroxylation is 1. The Bertz CT molecular complexity index is 435. The van der Waals surface area contributed by atoms with Gasteiger partial charge in [0.25, 0.3) is 0 Å². The van der Waals surface area contributed by atoms with E-state index in [0.717, 1.165) is 17.9 Å². The van der Waals surface area contributed by atoms with Gasteiger partial charge in [-0.05, 0) is 37.1 Å². The Kier molecular flexibility index (Phi) is 8.47. The number of hydrogen-bond acceptors (Lipinski definition) is 4. The number of benzene rings is 1. The summed E-state index contributed by atoms with van der Waals surface area (Å²) in [6.07, 6.45) is 0.799. The molecule has 118 valence electrons. The molecule has 0 aromatic heterocycles. The highest BCUT2D eigenvalue weighted by Crippen LogP contribution is 2.17. The molecule has 0 radical (unpaired) electrons. The molecule has 4 heteroatoms. The number of thioether (sulfide) groups is 1. The fourth-order valence-electron chi connectivity index (χ4n) is 2.07. The summed E-state index contributed by atoms with van der Waals surface area (Å²) in [7, 11) is 0. The van der Waals surface area contributed by atoms with Crippen LogP contribution >= 0.6 is 11.8 Å². The summed E-state index contributed by atoms with van der Waals surface area (Å²) < 4.78 is 5.13. The lowest BCUT2D eigenvalue weighted by Crippen LogP contribution is -2.42. The van der Waals surface area contributed by atoms with Crippen molar-refractivity contribution in [2.45, 2.75) is 52.0 Å². The van der Waals surface area contributed by atoms with Crippen LogP contribution in [0.2, 0.25) is 0 Å². The van der Waals surface area contributed by atoms with Crippen LogP contribution in [-0.4, -0.2) is 30.4 Å². The van der Waals surface area contributed by atoms with Crippen LogP contribution in [0.1, 0.15) is 38.3 Å². The number of hydrogen-bond donors (Lipinski definition) is 1. The van der Waals surface area contributed by atoms with E-state index in [1.165, 1.54) is 11.1 Å². The van der Waals surface area contributed by atoms with Crippen LogP contribution in [0.3, 0.4) is 0 Å². The maximum atomic E-state index is 11.9. The number of carbonyl (C=O) groups excluding carboxylic acids is 1. The van der Waals surface area contributed by atoms with Crippen molar-refractivity contribution in [3.8, 4) is 0 Å². The van der Waals surface area contributed by atoms with Crippen molar-refractivity contribution >= 4 is 17.7 Å². The summed E-state index contributed by atoms with van der Waals surface area (Å²) >= 11 is 1.86. The molecule has 0 spiro atoms. The first-order valence-electron chi connectivity index (χ1n) is 7.59. The van der Waals surface area contributed by atoms with Crippen LogP contribution in [0.25, 0.3) is 0 Å². The summed E-state index contributed by atoms with van der Waals surface area (Å²) in [4.78, 5) is 11.9. The Morgan fingerprint density at radius 1 is 1.33 bits per heavy atom. The molecule has 1 atom stereocenters. The van der Waals surface area contributed by atoms with Crippen molar-refractivity contribution in [3.63, 3.8) is 0 Å². The minimum absolute atomic E-state index is 0.136. The summed E-state index contributed by atoms with van der Waals surface area (Å²) in [5.41, 5.74) is 2.69. The molecule has 0 aliphatic heterocycles. The maximum absolute atomic E-state index is 11.9. The van der Waals surface area contributed by atoms with Gasteiger partial charge in [0.15, 0.2) is 0 Å². The molecular weight excluding hydrogens is 282 g/mol. The van der Waals surface area contributed by atoms with Crippen molar-refractivity contribution in [3.05, 3.63) is 35.4 Å². The second kappa shape index (κ2) is 9.85. The molecule has 3 nitrogen and oxygen atoms in total. The first-order valence-corrected chi connectivity index (χ1v) is 8.75. The van der Waals surface area contributed by atoms with Crippen LogP contribution in [0, 0.1) is 6.92 Å². The largest absolute Gasteiger partial charge is 0.465 e. The van der Waals surface area contributed by atoms with Crippen molar-refractivity contribution < 1.29 is 9.53 Å². The Morgan fingerprint density at radius 2 is 2.05 bits per heavy atom. The second-order valence-corrected chi connectivity index (χ2v) is 6.50. The summed E-state index contributed by atoms with van der Waals surface area (Å²) in [6, 6.07) is 8.52. The smallest absolute Gasteiger partial charge is 0.323 e. The third kappa shape index (κ3) is 7.00. The molecular formula is C17H27NO2S. The average molecular weight is 309 g/mol. The Labute approximate surface area is 132 Å². The molecule has 1 aromatic rings. The molecule has 0 aliphatic carbocycles. The fourth-order valence-corrected chi connectivity index (χ4v) is 3.16. The fraction of sp³-hybridized carbons (Fsp3) is 0.588. The van der Waals surface area contributed by atoms with E-state index in [9.17, 15) is 4.79 Å². The first kappa shape index (κ1) is 18.1. The standard InChI is InChI=1S/C17H27NO2S/c1-5-20-17(19)16(18-13(2)3)10-11-21-12-15-9-7-6-8-14(15)4/h6-9,13,16,18H,5,10-12H2,1-4H3. The van der Waals surface area contributed by atoms with Gasteiger partial charge >= 0.3 is 5.97 Å². The van der Waals surface area contributed by atoms with Crippen molar-refractivity contribution in [2.75, 3.05) is 12.4 Å². The molecule has 1 rings (SSSR count). The lowest BCUT2D eigenvalue weighted by atomic mass is 10.1.